The van der Waals surface area contributed by atoms with Crippen molar-refractivity contribution in [3.63, 3.8) is 0 Å². The van der Waals surface area contributed by atoms with Crippen molar-refractivity contribution in [2.75, 3.05) is 20.2 Å². The van der Waals surface area contributed by atoms with Crippen molar-refractivity contribution in [2.24, 2.45) is 40.1 Å². The lowest BCUT2D eigenvalue weighted by Crippen LogP contribution is -2.64. The smallest absolute Gasteiger partial charge is 0.329 e. The van der Waals surface area contributed by atoms with E-state index in [0.29, 0.717) is 25.7 Å². The highest BCUT2D eigenvalue weighted by molar-refractivity contribution is 5.98. The van der Waals surface area contributed by atoms with Crippen molar-refractivity contribution in [3.05, 3.63) is 35.9 Å². The van der Waals surface area contributed by atoms with Crippen LogP contribution in [0.2, 0.25) is 0 Å². The summed E-state index contributed by atoms with van der Waals surface area (Å²) >= 11 is 0. The summed E-state index contributed by atoms with van der Waals surface area (Å²) in [4.78, 5) is 156. The lowest BCUT2D eigenvalue weighted by Gasteiger charge is -2.33. The Balaban J connectivity index is 1.83. The maximum Gasteiger partial charge on any atom is 0.329 e. The van der Waals surface area contributed by atoms with Crippen molar-refractivity contribution in [2.45, 2.75) is 212 Å². The van der Waals surface area contributed by atoms with E-state index in [1.807, 2.05) is 37.3 Å². The zero-order valence-electron chi connectivity index (χ0n) is 52.2. The normalized spacial score (nSPS) is 23.8. The van der Waals surface area contributed by atoms with Gasteiger partial charge in [0, 0.05) is 6.42 Å². The number of carbonyl (C=O) groups is 11. The lowest BCUT2D eigenvalue weighted by atomic mass is 9.94. The van der Waals surface area contributed by atoms with Gasteiger partial charge in [0.25, 0.3) is 0 Å². The SMILES string of the molecule is CC[C@H](C)[C@H](NC(=O)[C@@H](Cc1ccccc1)NC)C(=O)N[C@@H](C)C(=O)N[C@H](CCC(N)=O)C(=O)N[C@@H](C(=O)N[C@H](C(=O)N[C@@H](CO)C(=O)N[C@H]1C(O)N[C@@H](C)C(=O)N[C@@H](C[C@H]2CN=C(N)N2)C(=O)N[C@@H]([C@@H](C)CC)C(=O)O[C@H]1C)[C@@H](C)CC)[C@@H](C)CC. The number of nitrogens with one attached hydrogen (secondary N) is 12. The van der Waals surface area contributed by atoms with Gasteiger partial charge in [-0.25, -0.2) is 4.79 Å². The Morgan fingerprint density at radius 2 is 1.21 bits per heavy atom. The number of benzene rings is 1. The Kier molecular flexibility index (Phi) is 30.5. The molecule has 29 heteroatoms. The Morgan fingerprint density at radius 1 is 0.678 bits per heavy atom. The summed E-state index contributed by atoms with van der Waals surface area (Å²) in [6, 6.07) is -5.48. The number of aliphatic hydroxyl groups is 2. The molecule has 0 saturated carbocycles. The first-order valence-corrected chi connectivity index (χ1v) is 30.1. The van der Waals surface area contributed by atoms with Gasteiger partial charge in [0.05, 0.1) is 31.3 Å². The van der Waals surface area contributed by atoms with Crippen molar-refractivity contribution >= 4 is 71.0 Å². The molecule has 0 bridgehead atoms. The molecule has 488 valence electrons. The van der Waals surface area contributed by atoms with Crippen LogP contribution in [0.15, 0.2) is 35.3 Å². The summed E-state index contributed by atoms with van der Waals surface area (Å²) in [5.74, 6) is -10.9. The minimum absolute atomic E-state index is 0.0184. The van der Waals surface area contributed by atoms with Crippen molar-refractivity contribution < 1.29 is 67.7 Å². The number of aliphatic imine (C=N–C) groups is 1. The summed E-state index contributed by atoms with van der Waals surface area (Å²) in [6.45, 7) is 17.1. The average Bonchev–Trinajstić information content (AvgIpc) is 3.34. The van der Waals surface area contributed by atoms with Crippen molar-refractivity contribution in [1.29, 1.82) is 0 Å². The van der Waals surface area contributed by atoms with Crippen LogP contribution in [0.4, 0.5) is 0 Å². The standard InChI is InChI=1S/C58H97N15O14/c1-13-28(5)42(70-50(79)38(61-12)24-35-20-18-17-19-21-35)53(82)63-32(9)47(76)66-37(22-23-41(59)75)49(78)69-44(30(7)15-3)55(84)71-43(29(6)14-2)54(83)68-40(27-74)52(81)73-46-34(11)87-57(86)45(31(8)16-4)72-51(80)39(25-36-26-62-58(60)65-36)67-48(77)33(10)64-56(46)85/h17-21,28-34,36-40,42-46,56,61,64,74,85H,13-16,22-27H2,1-12H3,(H2,59,75)(H,63,82)(H,66,76)(H,67,77)(H,68,83)(H,69,78)(H,70,79)(H,71,84)(H,72,80)(H,73,81)(H3,60,62,65)/t28-,29-,30-,31-,32-,33-,34-,36-,37+,38+,39-,40-,42-,43-,44+,45-,46+,56?/m0/s1. The minimum atomic E-state index is -1.84. The second kappa shape index (κ2) is 36.0. The van der Waals surface area contributed by atoms with Gasteiger partial charge in [-0.3, -0.25) is 58.3 Å². The number of amides is 10. The number of guanidine groups is 1. The topological polar surface area (TPSA) is 446 Å². The van der Waals surface area contributed by atoms with E-state index in [1.54, 1.807) is 55.5 Å². The molecule has 10 amide bonds. The number of hydrogen-bond acceptors (Lipinski definition) is 19. The first-order chi connectivity index (χ1) is 41.0. The highest BCUT2D eigenvalue weighted by Gasteiger charge is 2.41. The largest absolute Gasteiger partial charge is 0.459 e. The van der Waals surface area contributed by atoms with Gasteiger partial charge >= 0.3 is 5.97 Å². The molecule has 1 saturated heterocycles. The molecule has 0 aromatic heterocycles. The maximum atomic E-state index is 14.4. The maximum absolute atomic E-state index is 14.4. The number of rotatable bonds is 31. The van der Waals surface area contributed by atoms with Gasteiger partial charge in [0.2, 0.25) is 59.1 Å². The number of likely N-dealkylation sites (N-methyl/N-ethyl adjacent to an activating group) is 1. The second-order valence-electron chi connectivity index (χ2n) is 22.9. The van der Waals surface area contributed by atoms with Crippen LogP contribution in [0.25, 0.3) is 0 Å². The number of primary amides is 1. The fourth-order valence-corrected chi connectivity index (χ4v) is 9.57. The van der Waals surface area contributed by atoms with E-state index in [1.165, 1.54) is 20.8 Å². The molecule has 87 heavy (non-hydrogen) atoms. The lowest BCUT2D eigenvalue weighted by molar-refractivity contribution is -0.158. The molecule has 29 nitrogen and oxygen atoms in total. The van der Waals surface area contributed by atoms with Crippen LogP contribution in [0.5, 0.6) is 0 Å². The number of cyclic esters (lactones) is 1. The highest BCUT2D eigenvalue weighted by atomic mass is 16.5. The third kappa shape index (κ3) is 22.6. The molecule has 0 aliphatic carbocycles. The predicted molar refractivity (Wildman–Crippen MR) is 322 cm³/mol. The molecule has 1 aromatic carbocycles. The first kappa shape index (κ1) is 73.8. The average molecular weight is 1230 g/mol. The number of carbonyl (C=O) groups excluding carboxylic acids is 11. The van der Waals surface area contributed by atoms with E-state index < -0.39 is 174 Å². The molecular formula is C58H97N15O14. The third-order valence-electron chi connectivity index (χ3n) is 16.2. The molecule has 0 spiro atoms. The molecule has 3 rings (SSSR count). The number of hydrogen-bond donors (Lipinski definition) is 16. The molecule has 1 aromatic rings. The van der Waals surface area contributed by atoms with Crippen LogP contribution in [0, 0.1) is 23.7 Å². The predicted octanol–water partition coefficient (Wildman–Crippen LogP) is -3.44. The van der Waals surface area contributed by atoms with Gasteiger partial charge in [-0.15, -0.1) is 0 Å². The fraction of sp³-hybridized carbons (Fsp3) is 0.690. The zero-order valence-corrected chi connectivity index (χ0v) is 52.2. The van der Waals surface area contributed by atoms with Gasteiger partial charge in [0.1, 0.15) is 66.7 Å². The summed E-state index contributed by atoms with van der Waals surface area (Å²) < 4.78 is 5.79. The van der Waals surface area contributed by atoms with E-state index >= 15 is 0 Å². The van der Waals surface area contributed by atoms with Crippen LogP contribution >= 0.6 is 0 Å². The van der Waals surface area contributed by atoms with Gasteiger partial charge in [-0.2, -0.15) is 0 Å². The van der Waals surface area contributed by atoms with Crippen molar-refractivity contribution in [1.82, 2.24) is 63.8 Å². The van der Waals surface area contributed by atoms with Gasteiger partial charge in [-0.05, 0) is 76.3 Å². The van der Waals surface area contributed by atoms with Gasteiger partial charge in [-0.1, -0.05) is 111 Å². The number of nitrogens with zero attached hydrogens (tertiary/aromatic N) is 1. The number of aliphatic hydroxyl groups excluding tert-OH is 2. The molecule has 0 radical (unpaired) electrons. The summed E-state index contributed by atoms with van der Waals surface area (Å²) in [5.41, 5.74) is 12.1. The Labute approximate surface area is 509 Å². The van der Waals surface area contributed by atoms with E-state index in [9.17, 15) is 63.0 Å². The van der Waals surface area contributed by atoms with Gasteiger partial charge < -0.3 is 84.9 Å². The third-order valence-corrected chi connectivity index (χ3v) is 16.2. The van der Waals surface area contributed by atoms with Gasteiger partial charge in [0.15, 0.2) is 5.96 Å². The second-order valence-corrected chi connectivity index (χ2v) is 22.9. The number of nitrogens with two attached hydrogens (primary N) is 2. The molecule has 2 aliphatic heterocycles. The fourth-order valence-electron chi connectivity index (χ4n) is 9.57. The molecule has 1 fully saturated rings. The molecule has 1 unspecified atom stereocenters. The van der Waals surface area contributed by atoms with Crippen molar-refractivity contribution in [3.8, 4) is 0 Å². The molecular weight excluding hydrogens is 1130 g/mol. The van der Waals surface area contributed by atoms with Crippen LogP contribution in [-0.2, 0) is 63.9 Å². The Bertz CT molecular complexity index is 2550. The first-order valence-electron chi connectivity index (χ1n) is 30.1. The molecule has 2 heterocycles. The van der Waals surface area contributed by atoms with Crippen LogP contribution in [0.1, 0.15) is 127 Å². The highest BCUT2D eigenvalue weighted by Crippen LogP contribution is 2.18. The van der Waals surface area contributed by atoms with E-state index in [2.05, 4.69) is 68.8 Å². The van der Waals surface area contributed by atoms with E-state index in [0.717, 1.165) is 5.56 Å². The molecule has 2 aliphatic rings. The minimum Gasteiger partial charge on any atom is -0.459 e. The number of ether oxygens (including phenoxy) is 1. The van der Waals surface area contributed by atoms with Crippen LogP contribution < -0.4 is 75.3 Å². The Hall–Kier alpha value is -7.50. The quantitative estimate of drug-likeness (QED) is 0.0322. The molecule has 18 atom stereocenters. The molecule has 18 N–H and O–H groups in total. The monoisotopic (exact) mass is 1230 g/mol. The Morgan fingerprint density at radius 3 is 1.71 bits per heavy atom. The summed E-state index contributed by atoms with van der Waals surface area (Å²) in [7, 11) is 1.63. The van der Waals surface area contributed by atoms with Crippen LogP contribution in [-0.4, -0.2) is 186 Å². The van der Waals surface area contributed by atoms with E-state index in [4.69, 9.17) is 16.2 Å². The van der Waals surface area contributed by atoms with Crippen LogP contribution in [0.3, 0.4) is 0 Å². The summed E-state index contributed by atoms with van der Waals surface area (Å²) in [5, 5.41) is 54.4. The van der Waals surface area contributed by atoms with E-state index in [-0.39, 0.29) is 44.1 Å². The number of esters is 1. The summed E-state index contributed by atoms with van der Waals surface area (Å²) in [6.07, 6.45) is -2.11. The zero-order chi connectivity index (χ0) is 65.4.